The minimum absolute atomic E-state index is 0.118. The van der Waals surface area contributed by atoms with Gasteiger partial charge in [-0.05, 0) is 57.4 Å². The summed E-state index contributed by atoms with van der Waals surface area (Å²) in [6.45, 7) is 15.8. The number of unbranched alkanes of at least 4 members (excludes halogenated alkanes) is 13. The van der Waals surface area contributed by atoms with E-state index in [1.54, 1.807) is 7.05 Å². The van der Waals surface area contributed by atoms with Gasteiger partial charge >= 0.3 is 0 Å². The van der Waals surface area contributed by atoms with Gasteiger partial charge in [0.2, 0.25) is 0 Å². The fourth-order valence-corrected chi connectivity index (χ4v) is 5.86. The molecule has 0 spiro atoms. The predicted molar refractivity (Wildman–Crippen MR) is 180 cm³/mol. The number of quaternary nitrogens is 1. The molecule has 238 valence electrons. The Morgan fingerprint density at radius 2 is 1.33 bits per heavy atom. The summed E-state index contributed by atoms with van der Waals surface area (Å²) in [5.74, 6) is -0.118. The van der Waals surface area contributed by atoms with Gasteiger partial charge in [0.15, 0.2) is 11.2 Å². The number of fused-ring (bicyclic) bond motifs is 1. The van der Waals surface area contributed by atoms with Gasteiger partial charge in [-0.25, -0.2) is 4.98 Å². The van der Waals surface area contributed by atoms with Crippen molar-refractivity contribution in [1.82, 2.24) is 14.9 Å². The maximum absolute atomic E-state index is 13.4. The first-order chi connectivity index (χ1) is 20.3. The average molecular weight is 583 g/mol. The zero-order valence-corrected chi connectivity index (χ0v) is 28.5. The minimum Gasteiger partial charge on any atom is -0.350 e. The van der Waals surface area contributed by atoms with E-state index in [9.17, 15) is 4.79 Å². The van der Waals surface area contributed by atoms with Crippen molar-refractivity contribution in [2.75, 3.05) is 40.3 Å². The van der Waals surface area contributed by atoms with Gasteiger partial charge < -0.3 is 14.4 Å². The molecular weight excluding hydrogens is 518 g/mol. The lowest BCUT2D eigenvalue weighted by molar-refractivity contribution is -0.906. The summed E-state index contributed by atoms with van der Waals surface area (Å²) in [5.41, 5.74) is 5.53. The van der Waals surface area contributed by atoms with E-state index >= 15 is 0 Å². The molecule has 0 bridgehead atoms. The summed E-state index contributed by atoms with van der Waals surface area (Å²) in [6, 6.07) is 4.33. The molecule has 6 heteroatoms. The first kappa shape index (κ1) is 36.0. The Labute approximate surface area is 258 Å². The summed E-state index contributed by atoms with van der Waals surface area (Å²) in [5, 5.41) is 3.15. The molecule has 2 aromatic rings. The predicted octanol–water partition coefficient (Wildman–Crippen LogP) is 8.27. The Hall–Kier alpha value is -2.21. The van der Waals surface area contributed by atoms with Crippen LogP contribution < -0.4 is 10.8 Å². The first-order valence-electron chi connectivity index (χ1n) is 17.4. The first-order valence-corrected chi connectivity index (χ1v) is 17.4. The van der Waals surface area contributed by atoms with Crippen LogP contribution >= 0.6 is 0 Å². The van der Waals surface area contributed by atoms with Gasteiger partial charge in [0, 0.05) is 26.6 Å². The third-order valence-corrected chi connectivity index (χ3v) is 9.43. The van der Waals surface area contributed by atoms with Gasteiger partial charge in [0.1, 0.15) is 0 Å². The Kier molecular flexibility index (Phi) is 17.0. The molecule has 1 N–H and O–H groups in total. The third kappa shape index (κ3) is 11.8. The van der Waals surface area contributed by atoms with Crippen LogP contribution in [0, 0.1) is 13.8 Å². The Balaban J connectivity index is 1.94. The lowest BCUT2D eigenvalue weighted by Crippen LogP contribution is -2.45. The topological polar surface area (TPSA) is 59.3 Å². The molecule has 0 aliphatic heterocycles. The van der Waals surface area contributed by atoms with Crippen molar-refractivity contribution in [1.29, 1.82) is 0 Å². The summed E-state index contributed by atoms with van der Waals surface area (Å²) < 4.78 is 3.27. The second kappa shape index (κ2) is 19.9. The maximum atomic E-state index is 13.4. The standard InChI is InChI=1S/C36H63N5O/c1-8-11-12-13-14-15-16-17-18-19-20-21-22-23-26-40-33-29-31(5)30(4)28-32(33)39-34(35(40)37-6)36(42)38-25-24-27-41(7,9-2)10-3/h28-29H,8-27H2,1-7H3/p+1. The van der Waals surface area contributed by atoms with E-state index in [4.69, 9.17) is 4.98 Å². The molecule has 42 heavy (non-hydrogen) atoms. The maximum Gasteiger partial charge on any atom is 0.273 e. The second-order valence-corrected chi connectivity index (χ2v) is 12.8. The van der Waals surface area contributed by atoms with Gasteiger partial charge in [-0.3, -0.25) is 9.79 Å². The van der Waals surface area contributed by atoms with Crippen LogP contribution in [0.5, 0.6) is 0 Å². The Morgan fingerprint density at radius 1 is 0.810 bits per heavy atom. The number of amides is 1. The van der Waals surface area contributed by atoms with E-state index in [1.807, 2.05) is 0 Å². The number of benzene rings is 1. The average Bonchev–Trinajstić information content (AvgIpc) is 2.99. The van der Waals surface area contributed by atoms with Gasteiger partial charge in [-0.15, -0.1) is 0 Å². The van der Waals surface area contributed by atoms with Crippen LogP contribution in [0.25, 0.3) is 11.0 Å². The molecule has 0 atom stereocenters. The number of carbonyl (C=O) groups is 1. The number of carbonyl (C=O) groups excluding carboxylic acids is 1. The van der Waals surface area contributed by atoms with E-state index in [0.717, 1.165) is 54.5 Å². The molecule has 0 radical (unpaired) electrons. The van der Waals surface area contributed by atoms with E-state index in [2.05, 4.69) is 68.7 Å². The normalized spacial score (nSPS) is 12.4. The van der Waals surface area contributed by atoms with Gasteiger partial charge in [-0.1, -0.05) is 90.4 Å². The molecule has 1 aromatic carbocycles. The SMILES string of the molecule is CCCCCCCCCCCCCCCCn1c(=NC)c(C(=O)NCCC[N+](C)(CC)CC)nc2cc(C)c(C)cc21. The summed E-state index contributed by atoms with van der Waals surface area (Å²) >= 11 is 0. The van der Waals surface area contributed by atoms with Crippen LogP contribution in [-0.4, -0.2) is 60.2 Å². The molecule has 0 aliphatic carbocycles. The molecule has 1 aromatic heterocycles. The van der Waals surface area contributed by atoms with Crippen molar-refractivity contribution in [3.8, 4) is 0 Å². The van der Waals surface area contributed by atoms with Crippen LogP contribution in [0.1, 0.15) is 139 Å². The van der Waals surface area contributed by atoms with Gasteiger partial charge in [0.25, 0.3) is 5.91 Å². The number of nitrogens with one attached hydrogen (secondary N) is 1. The number of nitrogens with zero attached hydrogens (tertiary/aromatic N) is 4. The number of aryl methyl sites for hydroxylation is 3. The van der Waals surface area contributed by atoms with Crippen molar-refractivity contribution in [2.24, 2.45) is 4.99 Å². The van der Waals surface area contributed by atoms with E-state index < -0.39 is 0 Å². The van der Waals surface area contributed by atoms with Crippen molar-refractivity contribution in [2.45, 2.75) is 137 Å². The summed E-state index contributed by atoms with van der Waals surface area (Å²) in [7, 11) is 4.07. The molecule has 2 rings (SSSR count). The highest BCUT2D eigenvalue weighted by molar-refractivity contribution is 5.93. The molecule has 1 amide bonds. The minimum atomic E-state index is -0.118. The largest absolute Gasteiger partial charge is 0.350 e. The monoisotopic (exact) mass is 583 g/mol. The van der Waals surface area contributed by atoms with E-state index in [-0.39, 0.29) is 5.91 Å². The van der Waals surface area contributed by atoms with Crippen molar-refractivity contribution in [3.63, 3.8) is 0 Å². The lowest BCUT2D eigenvalue weighted by atomic mass is 10.0. The fraction of sp³-hybridized carbons (Fsp3) is 0.750. The van der Waals surface area contributed by atoms with Crippen LogP contribution in [0.3, 0.4) is 0 Å². The number of aromatic nitrogens is 2. The lowest BCUT2D eigenvalue weighted by Gasteiger charge is -2.32. The second-order valence-electron chi connectivity index (χ2n) is 12.8. The Bertz CT molecular complexity index is 1130. The molecule has 0 saturated carbocycles. The quantitative estimate of drug-likeness (QED) is 0.112. The van der Waals surface area contributed by atoms with E-state index in [1.165, 1.54) is 94.6 Å². The molecule has 0 fully saturated rings. The number of hydrogen-bond donors (Lipinski definition) is 1. The molecule has 1 heterocycles. The summed E-state index contributed by atoms with van der Waals surface area (Å²) in [6.07, 6.45) is 19.8. The van der Waals surface area contributed by atoms with Crippen LogP contribution in [-0.2, 0) is 6.54 Å². The van der Waals surface area contributed by atoms with E-state index in [0.29, 0.717) is 17.7 Å². The number of hydrogen-bond acceptors (Lipinski definition) is 3. The highest BCUT2D eigenvalue weighted by atomic mass is 16.1. The third-order valence-electron chi connectivity index (χ3n) is 9.43. The molecule has 0 unspecified atom stereocenters. The summed E-state index contributed by atoms with van der Waals surface area (Å²) in [4.78, 5) is 22.8. The Morgan fingerprint density at radius 3 is 1.86 bits per heavy atom. The fourth-order valence-electron chi connectivity index (χ4n) is 5.86. The molecular formula is C36H64N5O+. The van der Waals surface area contributed by atoms with Crippen molar-refractivity contribution in [3.05, 3.63) is 34.4 Å². The van der Waals surface area contributed by atoms with Crippen molar-refractivity contribution >= 4 is 16.9 Å². The molecule has 0 aliphatic rings. The number of rotatable bonds is 22. The molecule has 6 nitrogen and oxygen atoms in total. The highest BCUT2D eigenvalue weighted by Gasteiger charge is 2.18. The van der Waals surface area contributed by atoms with Crippen LogP contribution in [0.15, 0.2) is 17.1 Å². The van der Waals surface area contributed by atoms with Gasteiger partial charge in [0.05, 0.1) is 37.7 Å². The zero-order chi connectivity index (χ0) is 30.8. The van der Waals surface area contributed by atoms with Crippen LogP contribution in [0.4, 0.5) is 0 Å². The van der Waals surface area contributed by atoms with Crippen molar-refractivity contribution < 1.29 is 9.28 Å². The molecule has 0 saturated heterocycles. The van der Waals surface area contributed by atoms with Crippen LogP contribution in [0.2, 0.25) is 0 Å². The zero-order valence-electron chi connectivity index (χ0n) is 28.5. The van der Waals surface area contributed by atoms with Gasteiger partial charge in [-0.2, -0.15) is 0 Å². The highest BCUT2D eigenvalue weighted by Crippen LogP contribution is 2.19. The smallest absolute Gasteiger partial charge is 0.273 e.